The quantitative estimate of drug-likeness (QED) is 0.357. The van der Waals surface area contributed by atoms with E-state index in [4.69, 9.17) is 10.2 Å². The number of carbonyl (C=O) groups excluding carboxylic acids is 1. The molecule has 0 bridgehead atoms. The standard InChI is InChI=1S/C19H18N9O2.Rb/c20-17(29)12-7-15(30-10-12)14-9-23-18(19-24-11-25-28(14)19)26-13-1-2-16(22-8-13)27-5-3-21-4-6-27;/h1-2,7-11H,3-6H2,(H2,20,29)(H,23,26);/q-1;+1. The molecule has 0 spiro atoms. The fourth-order valence-corrected chi connectivity index (χ4v) is 3.29. The molecule has 31 heavy (non-hydrogen) atoms. The summed E-state index contributed by atoms with van der Waals surface area (Å²) in [6.07, 6.45) is 6.07. The van der Waals surface area contributed by atoms with Crippen LogP contribution in [0.5, 0.6) is 0 Å². The van der Waals surface area contributed by atoms with E-state index < -0.39 is 5.91 Å². The van der Waals surface area contributed by atoms with Gasteiger partial charge in [-0.3, -0.25) is 4.79 Å². The van der Waals surface area contributed by atoms with Crippen LogP contribution in [0, 0.1) is 0 Å². The third-order valence-electron chi connectivity index (χ3n) is 4.83. The van der Waals surface area contributed by atoms with Crippen LogP contribution in [0.4, 0.5) is 17.3 Å². The normalized spacial score (nSPS) is 13.7. The zero-order valence-corrected chi connectivity index (χ0v) is 21.8. The molecule has 5 rings (SSSR count). The molecule has 0 saturated carbocycles. The van der Waals surface area contributed by atoms with E-state index in [2.05, 4.69) is 35.6 Å². The number of carbonyl (C=O) groups is 1. The number of hydrogen-bond acceptors (Lipinski definition) is 8. The molecule has 12 heteroatoms. The fourth-order valence-electron chi connectivity index (χ4n) is 3.29. The Morgan fingerprint density at radius 1 is 1.16 bits per heavy atom. The van der Waals surface area contributed by atoms with Gasteiger partial charge >= 0.3 is 58.2 Å². The van der Waals surface area contributed by atoms with Gasteiger partial charge in [0, 0.05) is 13.1 Å². The zero-order valence-electron chi connectivity index (χ0n) is 16.9. The molecule has 1 saturated heterocycles. The van der Waals surface area contributed by atoms with Crippen LogP contribution < -0.4 is 74.1 Å². The van der Waals surface area contributed by atoms with Crippen molar-refractivity contribution in [2.24, 2.45) is 5.73 Å². The molecule has 0 unspecified atom stereocenters. The largest absolute Gasteiger partial charge is 1.00 e. The molecule has 1 fully saturated rings. The van der Waals surface area contributed by atoms with Gasteiger partial charge in [0.2, 0.25) is 0 Å². The maximum absolute atomic E-state index is 11.3. The van der Waals surface area contributed by atoms with Crippen LogP contribution in [-0.4, -0.2) is 56.7 Å². The number of anilines is 3. The minimum atomic E-state index is -0.569. The second-order valence-electron chi connectivity index (χ2n) is 6.74. The van der Waals surface area contributed by atoms with E-state index in [1.165, 1.54) is 12.6 Å². The molecule has 1 aliphatic rings. The number of nitrogens with two attached hydrogens (primary N) is 1. The predicted octanol–water partition coefficient (Wildman–Crippen LogP) is -1.18. The Morgan fingerprint density at radius 3 is 2.71 bits per heavy atom. The number of primary amides is 1. The molecule has 4 aromatic heterocycles. The van der Waals surface area contributed by atoms with E-state index in [1.807, 2.05) is 12.1 Å². The maximum Gasteiger partial charge on any atom is 1.00 e. The maximum atomic E-state index is 11.3. The minimum Gasteiger partial charge on any atom is -0.659 e. The average Bonchev–Trinajstić information content (AvgIpc) is 3.46. The number of piperazine rings is 1. The predicted molar refractivity (Wildman–Crippen MR) is 110 cm³/mol. The summed E-state index contributed by atoms with van der Waals surface area (Å²) in [7, 11) is 0. The van der Waals surface area contributed by atoms with Gasteiger partial charge in [-0.15, -0.1) is 13.1 Å². The summed E-state index contributed by atoms with van der Waals surface area (Å²) >= 11 is 0. The molecule has 1 amide bonds. The first-order valence-corrected chi connectivity index (χ1v) is 9.38. The SMILES string of the molecule is NC(=O)c1coc(-c2cnc(Nc3ccc(N4CC[N-]CC4)nc3)c3ncnn23)c1.[Rb+]. The van der Waals surface area contributed by atoms with Gasteiger partial charge in [0.15, 0.2) is 17.2 Å². The number of amides is 1. The number of hydrogen-bond donors (Lipinski definition) is 2. The molecule has 152 valence electrons. The van der Waals surface area contributed by atoms with Crippen LogP contribution >= 0.6 is 0 Å². The summed E-state index contributed by atoms with van der Waals surface area (Å²) < 4.78 is 7.03. The van der Waals surface area contributed by atoms with Crippen LogP contribution in [-0.2, 0) is 0 Å². The fraction of sp³-hybridized carbons (Fsp3) is 0.211. The van der Waals surface area contributed by atoms with Crippen LogP contribution in [0.2, 0.25) is 0 Å². The van der Waals surface area contributed by atoms with Gasteiger partial charge in [-0.1, -0.05) is 0 Å². The molecule has 0 atom stereocenters. The smallest absolute Gasteiger partial charge is 0.659 e. The monoisotopic (exact) mass is 489 g/mol. The topological polar surface area (TPSA) is 142 Å². The number of furan rings is 1. The van der Waals surface area contributed by atoms with Gasteiger partial charge in [0.25, 0.3) is 5.91 Å². The summed E-state index contributed by atoms with van der Waals surface area (Å²) in [6.45, 7) is 3.43. The molecule has 3 N–H and O–H groups in total. The number of aromatic nitrogens is 5. The van der Waals surface area contributed by atoms with Gasteiger partial charge in [-0.2, -0.15) is 5.10 Å². The third kappa shape index (κ3) is 4.55. The molecule has 0 aromatic carbocycles. The van der Waals surface area contributed by atoms with Crippen molar-refractivity contribution in [3.63, 3.8) is 0 Å². The van der Waals surface area contributed by atoms with Gasteiger partial charge < -0.3 is 25.7 Å². The van der Waals surface area contributed by atoms with E-state index in [1.54, 1.807) is 23.0 Å². The third-order valence-corrected chi connectivity index (χ3v) is 4.83. The van der Waals surface area contributed by atoms with Crippen LogP contribution in [0.25, 0.3) is 22.4 Å². The molecular weight excluding hydrogens is 472 g/mol. The van der Waals surface area contributed by atoms with Crippen molar-refractivity contribution < 1.29 is 67.4 Å². The molecule has 11 nitrogen and oxygen atoms in total. The number of rotatable bonds is 5. The summed E-state index contributed by atoms with van der Waals surface area (Å²) in [6, 6.07) is 5.46. The number of nitrogens with zero attached hydrogens (tertiary/aromatic N) is 7. The van der Waals surface area contributed by atoms with Gasteiger partial charge in [-0.05, 0) is 18.2 Å². The van der Waals surface area contributed by atoms with E-state index in [0.717, 1.165) is 37.7 Å². The van der Waals surface area contributed by atoms with Crippen molar-refractivity contribution in [3.05, 3.63) is 54.1 Å². The summed E-state index contributed by atoms with van der Waals surface area (Å²) in [5.74, 6) is 1.29. The van der Waals surface area contributed by atoms with E-state index >= 15 is 0 Å². The second-order valence-corrected chi connectivity index (χ2v) is 6.74. The zero-order chi connectivity index (χ0) is 20.5. The van der Waals surface area contributed by atoms with Gasteiger partial charge in [0.05, 0.1) is 23.6 Å². The van der Waals surface area contributed by atoms with Crippen molar-refractivity contribution in [2.75, 3.05) is 36.4 Å². The molecule has 0 aliphatic carbocycles. The summed E-state index contributed by atoms with van der Waals surface area (Å²) in [5, 5.41) is 11.8. The van der Waals surface area contributed by atoms with Crippen molar-refractivity contribution in [1.82, 2.24) is 24.6 Å². The first-order chi connectivity index (χ1) is 14.7. The molecule has 1 aliphatic heterocycles. The van der Waals surface area contributed by atoms with E-state index in [9.17, 15) is 4.79 Å². The second kappa shape index (κ2) is 9.53. The minimum absolute atomic E-state index is 0. The van der Waals surface area contributed by atoms with Crippen molar-refractivity contribution in [3.8, 4) is 11.5 Å². The molecule has 5 heterocycles. The molecule has 4 aromatic rings. The first-order valence-electron chi connectivity index (χ1n) is 9.38. The van der Waals surface area contributed by atoms with Crippen LogP contribution in [0.15, 0.2) is 47.6 Å². The van der Waals surface area contributed by atoms with Crippen LogP contribution in [0.1, 0.15) is 10.4 Å². The van der Waals surface area contributed by atoms with E-state index in [0.29, 0.717) is 22.9 Å². The van der Waals surface area contributed by atoms with Crippen molar-refractivity contribution in [1.29, 1.82) is 0 Å². The Labute approximate surface area is 226 Å². The average molecular weight is 490 g/mol. The Kier molecular flexibility index (Phi) is 6.77. The molecule has 0 radical (unpaired) electrons. The Balaban J connectivity index is 0.00000231. The van der Waals surface area contributed by atoms with Crippen molar-refractivity contribution in [2.45, 2.75) is 0 Å². The number of nitrogens with one attached hydrogen (secondary N) is 1. The molecular formula is C19H18N9O2Rb. The van der Waals surface area contributed by atoms with Crippen LogP contribution in [0.3, 0.4) is 0 Å². The Hall–Kier alpha value is -2.18. The first kappa shape index (κ1) is 22.0. The van der Waals surface area contributed by atoms with Gasteiger partial charge in [-0.25, -0.2) is 19.5 Å². The summed E-state index contributed by atoms with van der Waals surface area (Å²) in [5.41, 5.74) is 7.39. The Bertz CT molecular complexity index is 1200. The van der Waals surface area contributed by atoms with Crippen molar-refractivity contribution >= 4 is 28.9 Å². The summed E-state index contributed by atoms with van der Waals surface area (Å²) in [4.78, 5) is 26.8. The van der Waals surface area contributed by atoms with E-state index in [-0.39, 0.29) is 63.8 Å². The van der Waals surface area contributed by atoms with Gasteiger partial charge in [0.1, 0.15) is 24.1 Å². The number of pyridine rings is 1. The number of fused-ring (bicyclic) bond motifs is 1. The Morgan fingerprint density at radius 2 is 2.00 bits per heavy atom.